The standard InChI is InChI=1S/C2H4N2OS/c3-1(5)2(4)6/h(H2,3,5)(H2,4,6). The van der Waals surface area contributed by atoms with Crippen molar-refractivity contribution in [1.82, 2.24) is 0 Å². The van der Waals surface area contributed by atoms with Crippen molar-refractivity contribution in [1.29, 1.82) is 0 Å². The zero-order valence-electron chi connectivity index (χ0n) is 2.97. The molecule has 34 valence electrons. The quantitative estimate of drug-likeness (QED) is 0.377. The van der Waals surface area contributed by atoms with E-state index < -0.39 is 5.91 Å². The smallest absolute Gasteiger partial charge is 0.275 e. The highest BCUT2D eigenvalue weighted by Gasteiger charge is 1.90. The van der Waals surface area contributed by atoms with Gasteiger partial charge < -0.3 is 11.5 Å². The van der Waals surface area contributed by atoms with Gasteiger partial charge in [-0.15, -0.1) is 0 Å². The maximum atomic E-state index is 9.66. The Labute approximate surface area is 40.3 Å². The summed E-state index contributed by atoms with van der Waals surface area (Å²) in [4.78, 5) is 9.39. The van der Waals surface area contributed by atoms with Gasteiger partial charge in [0.1, 0.15) is 0 Å². The van der Waals surface area contributed by atoms with E-state index in [1.54, 1.807) is 0 Å². The fraction of sp³-hybridized carbons (Fsp3) is 0. The summed E-state index contributed by atoms with van der Waals surface area (Å²) in [6, 6.07) is 0. The summed E-state index contributed by atoms with van der Waals surface area (Å²) in [7, 11) is 0. The van der Waals surface area contributed by atoms with Crippen molar-refractivity contribution in [3.8, 4) is 0 Å². The first-order valence-electron chi connectivity index (χ1n) is 1.24. The Morgan fingerprint density at radius 2 is 1.67 bits per heavy atom. The summed E-state index contributed by atoms with van der Waals surface area (Å²) in [6.45, 7) is 0. The van der Waals surface area contributed by atoms with Gasteiger partial charge in [-0.3, -0.25) is 4.79 Å². The average molecular weight is 104 g/mol. The van der Waals surface area contributed by atoms with E-state index >= 15 is 0 Å². The summed E-state index contributed by atoms with van der Waals surface area (Å²) in [5.74, 6) is -0.731. The van der Waals surface area contributed by atoms with Crippen LogP contribution in [0.1, 0.15) is 0 Å². The third kappa shape index (κ3) is 1.66. The molecule has 0 atom stereocenters. The Morgan fingerprint density at radius 1 is 1.50 bits per heavy atom. The lowest BCUT2D eigenvalue weighted by Gasteiger charge is -1.79. The van der Waals surface area contributed by atoms with Gasteiger partial charge in [0.2, 0.25) is 0 Å². The Balaban J connectivity index is 3.57. The van der Waals surface area contributed by atoms with E-state index in [1.807, 2.05) is 0 Å². The molecule has 0 aliphatic heterocycles. The van der Waals surface area contributed by atoms with Crippen LogP contribution >= 0.6 is 12.2 Å². The van der Waals surface area contributed by atoms with Crippen molar-refractivity contribution in [2.24, 2.45) is 11.5 Å². The van der Waals surface area contributed by atoms with E-state index in [9.17, 15) is 4.79 Å². The summed E-state index contributed by atoms with van der Waals surface area (Å²) in [5, 5.41) is 0. The van der Waals surface area contributed by atoms with Crippen LogP contribution in [-0.2, 0) is 4.79 Å². The maximum Gasteiger partial charge on any atom is 0.275 e. The topological polar surface area (TPSA) is 69.1 Å². The normalized spacial score (nSPS) is 7.33. The van der Waals surface area contributed by atoms with Gasteiger partial charge in [0.25, 0.3) is 5.91 Å². The molecule has 6 heavy (non-hydrogen) atoms. The van der Waals surface area contributed by atoms with Gasteiger partial charge in [0.05, 0.1) is 0 Å². The molecule has 0 fully saturated rings. The van der Waals surface area contributed by atoms with E-state index in [4.69, 9.17) is 5.73 Å². The summed E-state index contributed by atoms with van der Waals surface area (Å²) in [6.07, 6.45) is 0. The molecule has 0 heterocycles. The molecule has 0 rings (SSSR count). The number of amides is 1. The second-order valence-corrected chi connectivity index (χ2v) is 1.17. The fourth-order valence-electron chi connectivity index (χ4n) is 0. The van der Waals surface area contributed by atoms with E-state index in [0.717, 1.165) is 0 Å². The van der Waals surface area contributed by atoms with E-state index in [-0.39, 0.29) is 4.99 Å². The number of primary amides is 1. The predicted octanol–water partition coefficient (Wildman–Crippen LogP) is -1.24. The Hall–Kier alpha value is -0.640. The second kappa shape index (κ2) is 1.71. The van der Waals surface area contributed by atoms with Crippen molar-refractivity contribution < 1.29 is 4.79 Å². The summed E-state index contributed by atoms with van der Waals surface area (Å²) < 4.78 is 0. The Bertz CT molecular complexity index is 77.5. The van der Waals surface area contributed by atoms with Crippen LogP contribution in [0, 0.1) is 0 Å². The maximum absolute atomic E-state index is 9.66. The summed E-state index contributed by atoms with van der Waals surface area (Å²) in [5.41, 5.74) is 9.22. The number of carbonyl (C=O) groups is 1. The number of thiocarbonyl (C=S) groups is 1. The SMILES string of the molecule is NC(=O)C(N)=S. The molecule has 0 bridgehead atoms. The second-order valence-electron chi connectivity index (χ2n) is 0.729. The first-order valence-corrected chi connectivity index (χ1v) is 1.64. The van der Waals surface area contributed by atoms with Crippen molar-refractivity contribution in [2.45, 2.75) is 0 Å². The minimum Gasteiger partial charge on any atom is -0.385 e. The number of carbonyl (C=O) groups excluding carboxylic acids is 1. The molecule has 0 saturated heterocycles. The summed E-state index contributed by atoms with van der Waals surface area (Å²) >= 11 is 4.12. The lowest BCUT2D eigenvalue weighted by atomic mass is 10.7. The molecular weight excluding hydrogens is 100 g/mol. The molecule has 0 aromatic carbocycles. The number of hydrogen-bond donors (Lipinski definition) is 2. The third-order valence-electron chi connectivity index (χ3n) is 0.243. The van der Waals surface area contributed by atoms with Gasteiger partial charge in [-0.25, -0.2) is 0 Å². The van der Waals surface area contributed by atoms with Crippen LogP contribution in [0.15, 0.2) is 0 Å². The van der Waals surface area contributed by atoms with Crippen molar-refractivity contribution in [3.05, 3.63) is 0 Å². The monoisotopic (exact) mass is 104 g/mol. The number of nitrogens with two attached hydrogens (primary N) is 2. The third-order valence-corrected chi connectivity index (χ3v) is 0.444. The van der Waals surface area contributed by atoms with E-state index in [2.05, 4.69) is 18.0 Å². The highest BCUT2D eigenvalue weighted by atomic mass is 32.1. The van der Waals surface area contributed by atoms with Crippen LogP contribution in [0.3, 0.4) is 0 Å². The zero-order valence-corrected chi connectivity index (χ0v) is 3.79. The largest absolute Gasteiger partial charge is 0.385 e. The van der Waals surface area contributed by atoms with Crippen molar-refractivity contribution in [3.63, 3.8) is 0 Å². The molecule has 0 spiro atoms. The van der Waals surface area contributed by atoms with E-state index in [0.29, 0.717) is 0 Å². The molecule has 0 radical (unpaired) electrons. The molecule has 0 aromatic heterocycles. The van der Waals surface area contributed by atoms with Gasteiger partial charge in [0, 0.05) is 0 Å². The number of rotatable bonds is 0. The van der Waals surface area contributed by atoms with Crippen LogP contribution in [-0.4, -0.2) is 10.9 Å². The average Bonchev–Trinajstić information content (AvgIpc) is 1.36. The molecular formula is C2H4N2OS. The van der Waals surface area contributed by atoms with Gasteiger partial charge >= 0.3 is 0 Å². The fourth-order valence-corrected chi connectivity index (χ4v) is 0. The lowest BCUT2D eigenvalue weighted by molar-refractivity contribution is -0.111. The van der Waals surface area contributed by atoms with Crippen LogP contribution < -0.4 is 11.5 Å². The highest BCUT2D eigenvalue weighted by Crippen LogP contribution is 1.55. The molecule has 4 heteroatoms. The first-order chi connectivity index (χ1) is 2.64. The Kier molecular flexibility index (Phi) is 1.53. The highest BCUT2D eigenvalue weighted by molar-refractivity contribution is 7.81. The molecule has 0 unspecified atom stereocenters. The zero-order chi connectivity index (χ0) is 5.15. The van der Waals surface area contributed by atoms with Crippen LogP contribution in [0.25, 0.3) is 0 Å². The van der Waals surface area contributed by atoms with Gasteiger partial charge in [-0.05, 0) is 0 Å². The van der Waals surface area contributed by atoms with Crippen LogP contribution in [0.5, 0.6) is 0 Å². The molecule has 0 aliphatic carbocycles. The van der Waals surface area contributed by atoms with E-state index in [1.165, 1.54) is 0 Å². The minimum absolute atomic E-state index is 0.269. The molecule has 0 aliphatic rings. The molecule has 1 amide bonds. The molecule has 4 N–H and O–H groups in total. The minimum atomic E-state index is -0.731. The van der Waals surface area contributed by atoms with Crippen LogP contribution in [0.2, 0.25) is 0 Å². The van der Waals surface area contributed by atoms with Crippen molar-refractivity contribution in [2.75, 3.05) is 0 Å². The number of hydrogen-bond acceptors (Lipinski definition) is 2. The molecule has 3 nitrogen and oxygen atoms in total. The van der Waals surface area contributed by atoms with Crippen molar-refractivity contribution >= 4 is 23.1 Å². The predicted molar refractivity (Wildman–Crippen MR) is 26.0 cm³/mol. The first kappa shape index (κ1) is 5.36. The van der Waals surface area contributed by atoms with Gasteiger partial charge in [-0.1, -0.05) is 12.2 Å². The molecule has 0 saturated carbocycles. The van der Waals surface area contributed by atoms with Crippen LogP contribution in [0.4, 0.5) is 0 Å². The Morgan fingerprint density at radius 3 is 1.67 bits per heavy atom. The lowest BCUT2D eigenvalue weighted by Crippen LogP contribution is -2.28. The van der Waals surface area contributed by atoms with Gasteiger partial charge in [0.15, 0.2) is 4.99 Å². The van der Waals surface area contributed by atoms with Gasteiger partial charge in [-0.2, -0.15) is 0 Å². The molecule has 0 aromatic rings.